The smallest absolute Gasteiger partial charge is 0.419 e. The van der Waals surface area contributed by atoms with Crippen LogP contribution in [0.25, 0.3) is 11.2 Å². The Hall–Kier alpha value is -4.64. The van der Waals surface area contributed by atoms with Gasteiger partial charge in [0.15, 0.2) is 17.2 Å². The molecule has 0 atom stereocenters. The van der Waals surface area contributed by atoms with Gasteiger partial charge in [0.25, 0.3) is 5.56 Å². The van der Waals surface area contributed by atoms with E-state index >= 15 is 0 Å². The molecule has 3 rings (SSSR count). The molecule has 0 aromatic carbocycles. The number of anilines is 2. The monoisotopic (exact) mass is 547 g/mol. The lowest BCUT2D eigenvalue weighted by atomic mass is 10.1. The van der Waals surface area contributed by atoms with E-state index in [1.54, 1.807) is 6.08 Å². The molecular weight excluding hydrogens is 527 g/mol. The number of pyridine rings is 2. The Morgan fingerprint density at radius 3 is 2.71 bits per heavy atom. The summed E-state index contributed by atoms with van der Waals surface area (Å²) >= 11 is 6.51. The number of hydrogen-bond donors (Lipinski definition) is 3. The number of aryl methyl sites for hydroxylation is 1. The lowest BCUT2D eigenvalue weighted by Gasteiger charge is -2.14. The lowest BCUT2D eigenvalue weighted by molar-refractivity contribution is -0.138. The number of nitriles is 1. The first-order valence-electron chi connectivity index (χ1n) is 10.8. The molecule has 11 nitrogen and oxygen atoms in total. The number of aliphatic imine (C=N–C) groups is 1. The normalized spacial score (nSPS) is 12.7. The number of alkyl halides is 3. The Bertz CT molecular complexity index is 1590. The third-order valence-electron chi connectivity index (χ3n) is 5.15. The average Bonchev–Trinajstić information content (AvgIpc) is 3.19. The van der Waals surface area contributed by atoms with Crippen molar-refractivity contribution in [2.45, 2.75) is 19.5 Å². The highest BCUT2D eigenvalue weighted by atomic mass is 35.5. The zero-order valence-corrected chi connectivity index (χ0v) is 21.0. The first kappa shape index (κ1) is 27.9. The Balaban J connectivity index is 2.05. The summed E-state index contributed by atoms with van der Waals surface area (Å²) < 4.78 is 48.1. The minimum absolute atomic E-state index is 0.0109. The third-order valence-corrected chi connectivity index (χ3v) is 5.52. The molecule has 0 aliphatic carbocycles. The molecule has 0 amide bonds. The van der Waals surface area contributed by atoms with Gasteiger partial charge < -0.3 is 30.3 Å². The molecule has 3 heterocycles. The van der Waals surface area contributed by atoms with Gasteiger partial charge >= 0.3 is 6.18 Å². The minimum atomic E-state index is -4.88. The second-order valence-electron chi connectivity index (χ2n) is 7.66. The molecule has 0 aliphatic rings. The van der Waals surface area contributed by atoms with Gasteiger partial charge in [-0.15, -0.1) is 0 Å². The molecule has 0 radical (unpaired) electrons. The van der Waals surface area contributed by atoms with Crippen molar-refractivity contribution < 1.29 is 17.9 Å². The van der Waals surface area contributed by atoms with Crippen molar-refractivity contribution in [3.05, 3.63) is 62.6 Å². The van der Waals surface area contributed by atoms with Gasteiger partial charge in [0, 0.05) is 20.3 Å². The molecule has 198 valence electrons. The Morgan fingerprint density at radius 2 is 2.11 bits per heavy atom. The number of aromatic nitrogens is 4. The third kappa shape index (κ3) is 5.52. The fourth-order valence-electron chi connectivity index (χ4n) is 3.24. The highest BCUT2D eigenvalue weighted by Gasteiger charge is 2.36. The summed E-state index contributed by atoms with van der Waals surface area (Å²) in [5.74, 6) is -0.108. The van der Waals surface area contributed by atoms with Crippen molar-refractivity contribution in [1.82, 2.24) is 19.1 Å². The van der Waals surface area contributed by atoms with Crippen molar-refractivity contribution in [3.8, 4) is 11.8 Å². The van der Waals surface area contributed by atoms with Crippen LogP contribution in [0.2, 0.25) is 5.02 Å². The van der Waals surface area contributed by atoms with Crippen LogP contribution >= 0.6 is 11.6 Å². The highest BCUT2D eigenvalue weighted by Crippen LogP contribution is 2.35. The van der Waals surface area contributed by atoms with Crippen LogP contribution in [0.5, 0.6) is 5.75 Å². The number of nitrogens with zero attached hydrogens (tertiary/aromatic N) is 6. The van der Waals surface area contributed by atoms with Crippen LogP contribution in [0.4, 0.5) is 24.8 Å². The van der Waals surface area contributed by atoms with Crippen LogP contribution in [-0.4, -0.2) is 31.5 Å². The molecule has 4 N–H and O–H groups in total. The van der Waals surface area contributed by atoms with Crippen molar-refractivity contribution in [1.29, 1.82) is 10.7 Å². The quantitative estimate of drug-likeness (QED) is 0.282. The number of nitrogens with two attached hydrogens (primary N) is 1. The maximum Gasteiger partial charge on any atom is 0.419 e. The number of hydrogen-bond acceptors (Lipinski definition) is 9. The fraction of sp³-hybridized carbons (Fsp3) is 0.217. The first-order chi connectivity index (χ1) is 17.9. The van der Waals surface area contributed by atoms with E-state index in [1.165, 1.54) is 36.3 Å². The van der Waals surface area contributed by atoms with E-state index in [0.717, 1.165) is 19.7 Å². The number of rotatable bonds is 8. The van der Waals surface area contributed by atoms with E-state index in [4.69, 9.17) is 32.7 Å². The summed E-state index contributed by atoms with van der Waals surface area (Å²) in [4.78, 5) is 25.0. The number of fused-ring (bicyclic) bond motifs is 1. The average molecular weight is 548 g/mol. The van der Waals surface area contributed by atoms with Crippen molar-refractivity contribution >= 4 is 46.8 Å². The summed E-state index contributed by atoms with van der Waals surface area (Å²) in [6.07, 6.45) is 2.63. The van der Waals surface area contributed by atoms with Crippen LogP contribution in [0.3, 0.4) is 0 Å². The van der Waals surface area contributed by atoms with Crippen LogP contribution < -0.4 is 21.3 Å². The molecular formula is C23H21ClF3N9O2. The topological polar surface area (TPSA) is 160 Å². The second-order valence-corrected chi connectivity index (χ2v) is 8.04. The number of nitrogens with one attached hydrogen (secondary N) is 2. The van der Waals surface area contributed by atoms with E-state index in [9.17, 15) is 18.0 Å². The molecule has 3 aromatic heterocycles. The van der Waals surface area contributed by atoms with E-state index < -0.39 is 28.7 Å². The number of imidazole rings is 1. The van der Waals surface area contributed by atoms with Crippen molar-refractivity contribution in [2.24, 2.45) is 24.8 Å². The van der Waals surface area contributed by atoms with Gasteiger partial charge in [-0.25, -0.2) is 4.98 Å². The van der Waals surface area contributed by atoms with Gasteiger partial charge in [-0.05, 0) is 12.5 Å². The van der Waals surface area contributed by atoms with E-state index in [1.807, 2.05) is 6.92 Å². The zero-order valence-electron chi connectivity index (χ0n) is 20.3. The largest absolute Gasteiger partial charge is 0.450 e. The highest BCUT2D eigenvalue weighted by molar-refractivity contribution is 6.36. The maximum atomic E-state index is 13.5. The van der Waals surface area contributed by atoms with Gasteiger partial charge in [0.1, 0.15) is 28.0 Å². The van der Waals surface area contributed by atoms with Crippen LogP contribution in [0.15, 0.2) is 45.8 Å². The molecule has 15 heteroatoms. The predicted molar refractivity (Wildman–Crippen MR) is 137 cm³/mol. The Morgan fingerprint density at radius 1 is 1.39 bits per heavy atom. The van der Waals surface area contributed by atoms with Gasteiger partial charge in [-0.3, -0.25) is 9.79 Å². The molecule has 3 aromatic rings. The first-order valence-corrected chi connectivity index (χ1v) is 11.2. The van der Waals surface area contributed by atoms with E-state index in [0.29, 0.717) is 10.6 Å². The standard InChI is InChI=1S/C23H21ClF3N9O2/c1-4-5-6-31-10-13(30)16(9-29)38-17-11-32-20-19(18(17)24)36(3)22(34-20)33-14-7-12(23(25,26)27)15(8-28)35(2)21(14)37/h5-7,9-11,29H,4,30H2,1-3H3,(H,32,33,34)/b6-5-,16-13+,29-9?,31-10-. The van der Waals surface area contributed by atoms with Gasteiger partial charge in [-0.1, -0.05) is 24.6 Å². The molecule has 0 aliphatic heterocycles. The van der Waals surface area contributed by atoms with Crippen molar-refractivity contribution in [2.75, 3.05) is 5.32 Å². The Kier molecular flexibility index (Phi) is 8.22. The summed E-state index contributed by atoms with van der Waals surface area (Å²) in [7, 11) is 2.55. The number of ether oxygens (including phenoxy) is 1. The van der Waals surface area contributed by atoms with Gasteiger partial charge in [-0.2, -0.15) is 23.4 Å². The molecule has 0 unspecified atom stereocenters. The zero-order chi connectivity index (χ0) is 28.2. The van der Waals surface area contributed by atoms with Gasteiger partial charge in [0.2, 0.25) is 5.95 Å². The minimum Gasteiger partial charge on any atom is -0.450 e. The molecule has 0 spiro atoms. The number of halogens is 4. The molecule has 0 bridgehead atoms. The molecule has 0 fully saturated rings. The maximum absolute atomic E-state index is 13.5. The summed E-state index contributed by atoms with van der Waals surface area (Å²) in [5.41, 5.74) is 2.82. The second kappa shape index (κ2) is 11.2. The van der Waals surface area contributed by atoms with Crippen LogP contribution in [0.1, 0.15) is 24.6 Å². The summed E-state index contributed by atoms with van der Waals surface area (Å²) in [5, 5.41) is 19.3. The molecule has 0 saturated heterocycles. The molecule has 0 saturated carbocycles. The van der Waals surface area contributed by atoms with E-state index in [-0.39, 0.29) is 39.3 Å². The Labute approximate surface area is 218 Å². The van der Waals surface area contributed by atoms with Crippen LogP contribution in [0, 0.1) is 16.7 Å². The summed E-state index contributed by atoms with van der Waals surface area (Å²) in [6, 6.07) is 1.95. The van der Waals surface area contributed by atoms with E-state index in [2.05, 4.69) is 20.3 Å². The fourth-order valence-corrected chi connectivity index (χ4v) is 3.54. The van der Waals surface area contributed by atoms with Crippen LogP contribution in [-0.2, 0) is 20.3 Å². The lowest BCUT2D eigenvalue weighted by Crippen LogP contribution is -2.26. The predicted octanol–water partition coefficient (Wildman–Crippen LogP) is 4.15. The van der Waals surface area contributed by atoms with Crippen molar-refractivity contribution in [3.63, 3.8) is 0 Å². The van der Waals surface area contributed by atoms with Gasteiger partial charge in [0.05, 0.1) is 29.9 Å². The SMILES string of the molecule is CC\C=C/N=C\C(N)=C(\C=N)Oc1cnc2nc(Nc3cc(C(F)(F)F)c(C#N)n(C)c3=O)n(C)c2c1Cl. The summed E-state index contributed by atoms with van der Waals surface area (Å²) in [6.45, 7) is 1.94. The molecule has 38 heavy (non-hydrogen) atoms. The number of allylic oxidation sites excluding steroid dienone is 3.